The second kappa shape index (κ2) is 5.80. The molecule has 0 saturated heterocycles. The van der Waals surface area contributed by atoms with E-state index in [2.05, 4.69) is 11.6 Å². The summed E-state index contributed by atoms with van der Waals surface area (Å²) in [6, 6.07) is 9.22. The summed E-state index contributed by atoms with van der Waals surface area (Å²) in [6.07, 6.45) is 0.884. The minimum atomic E-state index is -0.787. The Morgan fingerprint density at radius 1 is 1.39 bits per heavy atom. The van der Waals surface area contributed by atoms with Crippen molar-refractivity contribution in [1.82, 2.24) is 0 Å². The van der Waals surface area contributed by atoms with Gasteiger partial charge < -0.3 is 14.9 Å². The van der Waals surface area contributed by atoms with E-state index >= 15 is 0 Å². The maximum Gasteiger partial charge on any atom is 0.214 e. The average molecular weight is 247 g/mol. The van der Waals surface area contributed by atoms with Crippen LogP contribution in [0.4, 0.5) is 0 Å². The third-order valence-electron chi connectivity index (χ3n) is 2.88. The second-order valence-electron chi connectivity index (χ2n) is 4.21. The molecule has 1 heterocycles. The molecule has 1 aromatic rings. The molecule has 1 aromatic carbocycles. The normalized spacial score (nSPS) is 24.2. The molecule has 0 fully saturated rings. The summed E-state index contributed by atoms with van der Waals surface area (Å²) >= 11 is 0. The Hall–Kier alpha value is -1.65. The Balaban J connectivity index is 2.14. The number of nitrogens with zero attached hydrogens (tertiary/aromatic N) is 1. The highest BCUT2D eigenvalue weighted by molar-refractivity contribution is 5.82. The van der Waals surface area contributed by atoms with Crippen molar-refractivity contribution in [3.63, 3.8) is 0 Å². The number of benzene rings is 1. The van der Waals surface area contributed by atoms with Crippen molar-refractivity contribution in [2.45, 2.75) is 24.7 Å². The van der Waals surface area contributed by atoms with Crippen molar-refractivity contribution in [1.29, 1.82) is 0 Å². The van der Waals surface area contributed by atoms with Gasteiger partial charge in [0.15, 0.2) is 0 Å². The number of aliphatic hydroxyl groups excluding tert-OH is 2. The molecule has 3 atom stereocenters. The van der Waals surface area contributed by atoms with Gasteiger partial charge in [0.25, 0.3) is 0 Å². The van der Waals surface area contributed by atoms with Gasteiger partial charge in [-0.05, 0) is 12.0 Å². The zero-order valence-electron chi connectivity index (χ0n) is 10.1. The summed E-state index contributed by atoms with van der Waals surface area (Å²) < 4.78 is 5.66. The molecular formula is C14H17NO3. The fourth-order valence-corrected chi connectivity index (χ4v) is 1.96. The first-order valence-corrected chi connectivity index (χ1v) is 5.95. The van der Waals surface area contributed by atoms with E-state index in [4.69, 9.17) is 4.74 Å². The third kappa shape index (κ3) is 2.60. The van der Waals surface area contributed by atoms with E-state index in [0.717, 1.165) is 5.56 Å². The fourth-order valence-electron chi connectivity index (χ4n) is 1.96. The molecule has 0 radical (unpaired) electrons. The lowest BCUT2D eigenvalue weighted by molar-refractivity contribution is 0.128. The number of aliphatic imine (C=N–C) groups is 1. The lowest BCUT2D eigenvalue weighted by Crippen LogP contribution is -2.21. The van der Waals surface area contributed by atoms with E-state index in [1.165, 1.54) is 0 Å². The summed E-state index contributed by atoms with van der Waals surface area (Å²) in [4.78, 5) is 4.23. The van der Waals surface area contributed by atoms with Crippen LogP contribution in [0.1, 0.15) is 18.1 Å². The standard InChI is InChI=1S/C14H17NO3/c1-2-6-12(17)14-15-11(9-16)13(18-14)10-7-4-3-5-8-10/h2-5,7-8,11-13,16-17H,1,6,9H2/t11-,12-,13-/m0/s1. The van der Waals surface area contributed by atoms with Crippen LogP contribution in [0.3, 0.4) is 0 Å². The van der Waals surface area contributed by atoms with Gasteiger partial charge in [-0.2, -0.15) is 0 Å². The number of hydrogen-bond acceptors (Lipinski definition) is 4. The Morgan fingerprint density at radius 3 is 2.72 bits per heavy atom. The lowest BCUT2D eigenvalue weighted by atomic mass is 10.0. The molecule has 2 N–H and O–H groups in total. The quantitative estimate of drug-likeness (QED) is 0.774. The summed E-state index contributed by atoms with van der Waals surface area (Å²) in [6.45, 7) is 3.46. The lowest BCUT2D eigenvalue weighted by Gasteiger charge is -2.17. The number of ether oxygens (including phenoxy) is 1. The average Bonchev–Trinajstić information content (AvgIpc) is 2.84. The van der Waals surface area contributed by atoms with Crippen molar-refractivity contribution < 1.29 is 14.9 Å². The van der Waals surface area contributed by atoms with E-state index < -0.39 is 6.10 Å². The predicted octanol–water partition coefficient (Wildman–Crippen LogP) is 1.45. The van der Waals surface area contributed by atoms with Crippen LogP contribution in [0.25, 0.3) is 0 Å². The van der Waals surface area contributed by atoms with Gasteiger partial charge >= 0.3 is 0 Å². The molecule has 2 rings (SSSR count). The molecule has 4 heteroatoms. The summed E-state index contributed by atoms with van der Waals surface area (Å²) in [5, 5.41) is 19.2. The van der Waals surface area contributed by atoms with Crippen molar-refractivity contribution >= 4 is 5.90 Å². The summed E-state index contributed by atoms with van der Waals surface area (Å²) in [7, 11) is 0. The largest absolute Gasteiger partial charge is 0.469 e. The fraction of sp³-hybridized carbons (Fsp3) is 0.357. The van der Waals surface area contributed by atoms with Crippen LogP contribution >= 0.6 is 0 Å². The monoisotopic (exact) mass is 247 g/mol. The second-order valence-corrected chi connectivity index (χ2v) is 4.21. The van der Waals surface area contributed by atoms with Crippen LogP contribution in [0, 0.1) is 0 Å². The predicted molar refractivity (Wildman–Crippen MR) is 69.4 cm³/mol. The molecule has 0 saturated carbocycles. The molecule has 1 aliphatic heterocycles. The van der Waals surface area contributed by atoms with Gasteiger partial charge in [0.1, 0.15) is 18.2 Å². The first-order chi connectivity index (χ1) is 8.76. The number of aliphatic hydroxyl groups is 2. The Labute approximate surface area is 106 Å². The van der Waals surface area contributed by atoms with Gasteiger partial charge in [-0.25, -0.2) is 4.99 Å². The Bertz CT molecular complexity index is 430. The van der Waals surface area contributed by atoms with Gasteiger partial charge in [0.05, 0.1) is 6.61 Å². The number of rotatable bonds is 5. The molecule has 0 amide bonds. The van der Waals surface area contributed by atoms with Gasteiger partial charge in [0.2, 0.25) is 5.90 Å². The van der Waals surface area contributed by atoms with Gasteiger partial charge in [-0.15, -0.1) is 6.58 Å². The molecular weight excluding hydrogens is 230 g/mol. The van der Waals surface area contributed by atoms with Crippen molar-refractivity contribution in [3.05, 3.63) is 48.6 Å². The molecule has 0 spiro atoms. The van der Waals surface area contributed by atoms with E-state index in [1.807, 2.05) is 30.3 Å². The van der Waals surface area contributed by atoms with E-state index in [0.29, 0.717) is 6.42 Å². The van der Waals surface area contributed by atoms with Crippen molar-refractivity contribution in [2.75, 3.05) is 6.61 Å². The van der Waals surface area contributed by atoms with Crippen LogP contribution in [0.15, 0.2) is 48.0 Å². The van der Waals surface area contributed by atoms with E-state index in [-0.39, 0.29) is 24.7 Å². The van der Waals surface area contributed by atoms with Gasteiger partial charge in [-0.1, -0.05) is 36.4 Å². The topological polar surface area (TPSA) is 62.1 Å². The maximum atomic E-state index is 9.82. The van der Waals surface area contributed by atoms with Crippen molar-refractivity contribution in [2.24, 2.45) is 4.99 Å². The van der Waals surface area contributed by atoms with Crippen LogP contribution in [-0.4, -0.2) is 34.9 Å². The third-order valence-corrected chi connectivity index (χ3v) is 2.88. The highest BCUT2D eigenvalue weighted by Gasteiger charge is 2.34. The van der Waals surface area contributed by atoms with Crippen molar-refractivity contribution in [3.8, 4) is 0 Å². The summed E-state index contributed by atoms with van der Waals surface area (Å²) in [5.41, 5.74) is 0.945. The zero-order chi connectivity index (χ0) is 13.0. The van der Waals surface area contributed by atoms with Crippen LogP contribution in [-0.2, 0) is 4.74 Å². The molecule has 1 aliphatic rings. The van der Waals surface area contributed by atoms with Crippen LogP contribution < -0.4 is 0 Å². The number of hydrogen-bond donors (Lipinski definition) is 2. The summed E-state index contributed by atoms with van der Waals surface area (Å²) in [5.74, 6) is 0.280. The SMILES string of the molecule is C=CC[C@H](O)C1=N[C@@H](CO)[C@H](c2ccccc2)O1. The van der Waals surface area contributed by atoms with Crippen LogP contribution in [0.2, 0.25) is 0 Å². The minimum absolute atomic E-state index is 0.107. The molecule has 96 valence electrons. The van der Waals surface area contributed by atoms with Gasteiger partial charge in [0, 0.05) is 0 Å². The van der Waals surface area contributed by atoms with E-state index in [1.54, 1.807) is 6.08 Å². The molecule has 0 aromatic heterocycles. The highest BCUT2D eigenvalue weighted by atomic mass is 16.5. The Morgan fingerprint density at radius 2 is 2.11 bits per heavy atom. The zero-order valence-corrected chi connectivity index (χ0v) is 10.1. The maximum absolute atomic E-state index is 9.82. The smallest absolute Gasteiger partial charge is 0.214 e. The molecule has 4 nitrogen and oxygen atoms in total. The minimum Gasteiger partial charge on any atom is -0.469 e. The molecule has 0 unspecified atom stereocenters. The molecule has 18 heavy (non-hydrogen) atoms. The Kier molecular flexibility index (Phi) is 4.12. The molecule has 0 bridgehead atoms. The van der Waals surface area contributed by atoms with Crippen LogP contribution in [0.5, 0.6) is 0 Å². The first-order valence-electron chi connectivity index (χ1n) is 5.95. The van der Waals surface area contributed by atoms with Gasteiger partial charge in [-0.3, -0.25) is 0 Å². The highest BCUT2D eigenvalue weighted by Crippen LogP contribution is 2.30. The first kappa shape index (κ1) is 12.8. The van der Waals surface area contributed by atoms with E-state index in [9.17, 15) is 10.2 Å². The molecule has 0 aliphatic carbocycles.